The molecule has 1 aromatic carbocycles. The van der Waals surface area contributed by atoms with E-state index in [4.69, 9.17) is 0 Å². The molecular formula is C14H23ClN2O. The van der Waals surface area contributed by atoms with Crippen molar-refractivity contribution in [3.8, 4) is 0 Å². The van der Waals surface area contributed by atoms with E-state index < -0.39 is 0 Å². The predicted molar refractivity (Wildman–Crippen MR) is 78.2 cm³/mol. The molecule has 1 rings (SSSR count). The molecule has 0 unspecified atom stereocenters. The molecule has 1 amide bonds. The van der Waals surface area contributed by atoms with Gasteiger partial charge >= 0.3 is 0 Å². The summed E-state index contributed by atoms with van der Waals surface area (Å²) in [4.78, 5) is 13.3. The summed E-state index contributed by atoms with van der Waals surface area (Å²) >= 11 is 0. The van der Waals surface area contributed by atoms with Gasteiger partial charge in [0.1, 0.15) is 0 Å². The Morgan fingerprint density at radius 3 is 2.50 bits per heavy atom. The maximum absolute atomic E-state index is 11.5. The smallest absolute Gasteiger partial charge is 0.236 e. The number of unbranched alkanes of at least 4 members (excludes halogenated alkanes) is 1. The van der Waals surface area contributed by atoms with Gasteiger partial charge in [0.2, 0.25) is 5.91 Å². The van der Waals surface area contributed by atoms with Crippen LogP contribution >= 0.6 is 12.4 Å². The summed E-state index contributed by atoms with van der Waals surface area (Å²) in [5, 5.41) is 2.87. The van der Waals surface area contributed by atoms with Crippen molar-refractivity contribution in [2.24, 2.45) is 0 Å². The Labute approximate surface area is 116 Å². The molecule has 0 bridgehead atoms. The van der Waals surface area contributed by atoms with Gasteiger partial charge in [0.15, 0.2) is 0 Å². The third-order valence-electron chi connectivity index (χ3n) is 2.81. The van der Waals surface area contributed by atoms with Gasteiger partial charge in [-0.2, -0.15) is 0 Å². The quantitative estimate of drug-likeness (QED) is 0.770. The number of nitrogens with one attached hydrogen (secondary N) is 1. The Balaban J connectivity index is 0.00000289. The summed E-state index contributed by atoms with van der Waals surface area (Å²) in [7, 11) is 3.66. The van der Waals surface area contributed by atoms with E-state index in [1.807, 2.05) is 13.1 Å². The lowest BCUT2D eigenvalue weighted by Gasteiger charge is -2.16. The number of halogens is 1. The predicted octanol–water partition coefficient (Wildman–Crippen LogP) is 2.11. The molecule has 102 valence electrons. The van der Waals surface area contributed by atoms with Crippen LogP contribution in [0.3, 0.4) is 0 Å². The third-order valence-corrected chi connectivity index (χ3v) is 2.81. The molecule has 0 aliphatic heterocycles. The van der Waals surface area contributed by atoms with E-state index in [0.717, 1.165) is 25.8 Å². The van der Waals surface area contributed by atoms with Crippen LogP contribution in [-0.4, -0.2) is 38.0 Å². The van der Waals surface area contributed by atoms with E-state index in [1.165, 1.54) is 5.56 Å². The summed E-state index contributed by atoms with van der Waals surface area (Å²) in [6, 6.07) is 10.5. The number of hydrogen-bond donors (Lipinski definition) is 1. The van der Waals surface area contributed by atoms with Crippen LogP contribution in [0.25, 0.3) is 0 Å². The van der Waals surface area contributed by atoms with Crippen molar-refractivity contribution in [3.63, 3.8) is 0 Å². The number of likely N-dealkylation sites (N-methyl/N-ethyl adjacent to an activating group) is 2. The Kier molecular flexibility index (Phi) is 9.33. The highest BCUT2D eigenvalue weighted by Gasteiger charge is 2.05. The third kappa shape index (κ3) is 6.62. The van der Waals surface area contributed by atoms with Crippen molar-refractivity contribution in [3.05, 3.63) is 35.9 Å². The molecule has 0 fully saturated rings. The summed E-state index contributed by atoms with van der Waals surface area (Å²) in [5.74, 6) is 0.159. The Hall–Kier alpha value is -1.06. The van der Waals surface area contributed by atoms with Gasteiger partial charge in [0.05, 0.1) is 6.54 Å². The van der Waals surface area contributed by atoms with Crippen molar-refractivity contribution in [1.29, 1.82) is 0 Å². The number of carbonyl (C=O) groups is 1. The molecule has 18 heavy (non-hydrogen) atoms. The molecule has 0 saturated heterocycles. The molecule has 0 aromatic heterocycles. The van der Waals surface area contributed by atoms with E-state index in [1.54, 1.807) is 11.9 Å². The van der Waals surface area contributed by atoms with Crippen LogP contribution in [0.1, 0.15) is 18.4 Å². The molecule has 0 aliphatic carbocycles. The summed E-state index contributed by atoms with van der Waals surface area (Å²) < 4.78 is 0. The molecule has 0 aliphatic rings. The second kappa shape index (κ2) is 9.92. The number of aryl methyl sites for hydroxylation is 1. The molecule has 0 atom stereocenters. The first-order chi connectivity index (χ1) is 8.24. The van der Waals surface area contributed by atoms with Gasteiger partial charge in [-0.05, 0) is 31.9 Å². The van der Waals surface area contributed by atoms with Crippen molar-refractivity contribution in [2.45, 2.75) is 19.3 Å². The minimum absolute atomic E-state index is 0. The minimum atomic E-state index is 0. The first kappa shape index (κ1) is 16.9. The van der Waals surface area contributed by atoms with Crippen LogP contribution in [0, 0.1) is 0 Å². The number of carbonyl (C=O) groups excluding carboxylic acids is 1. The molecule has 0 spiro atoms. The van der Waals surface area contributed by atoms with E-state index in [0.29, 0.717) is 6.54 Å². The topological polar surface area (TPSA) is 32.3 Å². The normalized spacial score (nSPS) is 9.67. The van der Waals surface area contributed by atoms with Gasteiger partial charge in [-0.3, -0.25) is 4.79 Å². The SMILES string of the molecule is CNCC(=O)N(C)CCCCc1ccccc1.Cl. The van der Waals surface area contributed by atoms with Gasteiger partial charge in [-0.15, -0.1) is 12.4 Å². The lowest BCUT2D eigenvalue weighted by Crippen LogP contribution is -2.34. The van der Waals surface area contributed by atoms with Gasteiger partial charge in [-0.25, -0.2) is 0 Å². The average Bonchev–Trinajstić information content (AvgIpc) is 2.36. The summed E-state index contributed by atoms with van der Waals surface area (Å²) in [6.07, 6.45) is 3.27. The molecule has 0 radical (unpaired) electrons. The first-order valence-electron chi connectivity index (χ1n) is 6.16. The van der Waals surface area contributed by atoms with Crippen molar-refractivity contribution in [2.75, 3.05) is 27.2 Å². The fourth-order valence-corrected chi connectivity index (χ4v) is 1.73. The van der Waals surface area contributed by atoms with Gasteiger partial charge in [-0.1, -0.05) is 30.3 Å². The molecule has 4 heteroatoms. The second-order valence-electron chi connectivity index (χ2n) is 4.29. The van der Waals surface area contributed by atoms with Gasteiger partial charge in [0, 0.05) is 13.6 Å². The van der Waals surface area contributed by atoms with Crippen LogP contribution in [0.4, 0.5) is 0 Å². The molecule has 0 heterocycles. The van der Waals surface area contributed by atoms with Crippen LogP contribution in [0.15, 0.2) is 30.3 Å². The molecule has 1 N–H and O–H groups in total. The zero-order chi connectivity index (χ0) is 12.5. The lowest BCUT2D eigenvalue weighted by molar-refractivity contribution is -0.128. The minimum Gasteiger partial charge on any atom is -0.345 e. The van der Waals surface area contributed by atoms with Crippen molar-refractivity contribution < 1.29 is 4.79 Å². The Bertz CT molecular complexity index is 330. The van der Waals surface area contributed by atoms with Crippen LogP contribution in [0.2, 0.25) is 0 Å². The second-order valence-corrected chi connectivity index (χ2v) is 4.29. The van der Waals surface area contributed by atoms with Crippen molar-refractivity contribution in [1.82, 2.24) is 10.2 Å². The monoisotopic (exact) mass is 270 g/mol. The van der Waals surface area contributed by atoms with E-state index in [9.17, 15) is 4.79 Å². The largest absolute Gasteiger partial charge is 0.345 e. The van der Waals surface area contributed by atoms with E-state index >= 15 is 0 Å². The number of nitrogens with zero attached hydrogens (tertiary/aromatic N) is 1. The number of benzene rings is 1. The fraction of sp³-hybridized carbons (Fsp3) is 0.500. The van der Waals surface area contributed by atoms with Gasteiger partial charge < -0.3 is 10.2 Å². The highest BCUT2D eigenvalue weighted by atomic mass is 35.5. The lowest BCUT2D eigenvalue weighted by atomic mass is 10.1. The number of amides is 1. The molecular weight excluding hydrogens is 248 g/mol. The first-order valence-corrected chi connectivity index (χ1v) is 6.16. The fourth-order valence-electron chi connectivity index (χ4n) is 1.73. The molecule has 0 saturated carbocycles. The molecule has 3 nitrogen and oxygen atoms in total. The van der Waals surface area contributed by atoms with Crippen LogP contribution < -0.4 is 5.32 Å². The average molecular weight is 271 g/mol. The summed E-state index contributed by atoms with van der Waals surface area (Å²) in [6.45, 7) is 1.27. The standard InChI is InChI=1S/C14H22N2O.ClH/c1-15-12-14(17)16(2)11-7-6-10-13-8-4-3-5-9-13;/h3-5,8-9,15H,6-7,10-12H2,1-2H3;1H. The Morgan fingerprint density at radius 1 is 1.22 bits per heavy atom. The molecule has 1 aromatic rings. The number of rotatable bonds is 7. The zero-order valence-corrected chi connectivity index (χ0v) is 12.0. The maximum atomic E-state index is 11.5. The van der Waals surface area contributed by atoms with Crippen LogP contribution in [-0.2, 0) is 11.2 Å². The highest BCUT2D eigenvalue weighted by Crippen LogP contribution is 2.04. The van der Waals surface area contributed by atoms with E-state index in [2.05, 4.69) is 29.6 Å². The van der Waals surface area contributed by atoms with Gasteiger partial charge in [0.25, 0.3) is 0 Å². The van der Waals surface area contributed by atoms with Crippen molar-refractivity contribution >= 4 is 18.3 Å². The Morgan fingerprint density at radius 2 is 1.89 bits per heavy atom. The zero-order valence-electron chi connectivity index (χ0n) is 11.2. The van der Waals surface area contributed by atoms with E-state index in [-0.39, 0.29) is 18.3 Å². The maximum Gasteiger partial charge on any atom is 0.236 e. The summed E-state index contributed by atoms with van der Waals surface area (Å²) in [5.41, 5.74) is 1.37. The number of hydrogen-bond acceptors (Lipinski definition) is 2. The van der Waals surface area contributed by atoms with Crippen LogP contribution in [0.5, 0.6) is 0 Å². The highest BCUT2D eigenvalue weighted by molar-refractivity contribution is 5.85.